The maximum absolute atomic E-state index is 12.0. The van der Waals surface area contributed by atoms with E-state index in [-0.39, 0.29) is 23.2 Å². The molecule has 1 aliphatic rings. The highest BCUT2D eigenvalue weighted by atomic mass is 32.1. The molecule has 21 heavy (non-hydrogen) atoms. The van der Waals surface area contributed by atoms with Crippen LogP contribution in [-0.2, 0) is 16.1 Å². The molecule has 1 saturated heterocycles. The molecule has 1 fully saturated rings. The van der Waals surface area contributed by atoms with E-state index in [4.69, 9.17) is 4.74 Å². The molecule has 1 amide bonds. The maximum atomic E-state index is 12.0. The first-order valence-electron chi connectivity index (χ1n) is 7.43. The predicted molar refractivity (Wildman–Crippen MR) is 86.6 cm³/mol. The van der Waals surface area contributed by atoms with E-state index >= 15 is 0 Å². The number of thiophene rings is 1. The Bertz CT molecular complexity index is 508. The largest absolute Gasteiger partial charge is 0.368 e. The molecule has 2 rings (SSSR count). The lowest BCUT2D eigenvalue weighted by Crippen LogP contribution is -2.47. The fourth-order valence-corrected chi connectivity index (χ4v) is 3.77. The summed E-state index contributed by atoms with van der Waals surface area (Å²) in [5.41, 5.74) is 0.861. The number of carbonyl (C=O) groups is 1. The van der Waals surface area contributed by atoms with Crippen LogP contribution in [0.2, 0.25) is 0 Å². The van der Waals surface area contributed by atoms with Gasteiger partial charge < -0.3 is 15.4 Å². The van der Waals surface area contributed by atoms with E-state index in [1.165, 1.54) is 10.4 Å². The summed E-state index contributed by atoms with van der Waals surface area (Å²) in [5.74, 6) is 0.0308. The Hall–Kier alpha value is -0.910. The van der Waals surface area contributed by atoms with Gasteiger partial charge in [0.25, 0.3) is 0 Å². The van der Waals surface area contributed by atoms with Crippen molar-refractivity contribution in [2.24, 2.45) is 0 Å². The van der Waals surface area contributed by atoms with Gasteiger partial charge in [0.2, 0.25) is 5.91 Å². The van der Waals surface area contributed by atoms with Gasteiger partial charge in [-0.1, -0.05) is 0 Å². The third-order valence-corrected chi connectivity index (χ3v) is 5.02. The van der Waals surface area contributed by atoms with E-state index in [9.17, 15) is 4.79 Å². The van der Waals surface area contributed by atoms with E-state index in [0.29, 0.717) is 13.1 Å². The summed E-state index contributed by atoms with van der Waals surface area (Å²) < 4.78 is 6.02. The lowest BCUT2D eigenvalue weighted by molar-refractivity contribution is -0.120. The summed E-state index contributed by atoms with van der Waals surface area (Å²) in [6.45, 7) is 11.3. The Morgan fingerprint density at radius 1 is 1.43 bits per heavy atom. The molecule has 0 saturated carbocycles. The van der Waals surface area contributed by atoms with Gasteiger partial charge in [-0.15, -0.1) is 11.3 Å². The molecule has 1 atom stereocenters. The Kier molecular flexibility index (Phi) is 4.76. The van der Waals surface area contributed by atoms with Crippen LogP contribution in [-0.4, -0.2) is 29.7 Å². The highest BCUT2D eigenvalue weighted by Gasteiger charge is 2.45. The number of amides is 1. The molecule has 0 bridgehead atoms. The fourth-order valence-electron chi connectivity index (χ4n) is 2.92. The number of hydrogen-bond donors (Lipinski definition) is 2. The van der Waals surface area contributed by atoms with Crippen molar-refractivity contribution in [3.05, 3.63) is 21.9 Å². The zero-order valence-corrected chi connectivity index (χ0v) is 14.4. The van der Waals surface area contributed by atoms with Crippen LogP contribution in [0.1, 0.15) is 44.6 Å². The third-order valence-electron chi connectivity index (χ3n) is 4.00. The van der Waals surface area contributed by atoms with Crippen LogP contribution < -0.4 is 10.6 Å². The Morgan fingerprint density at radius 3 is 2.67 bits per heavy atom. The first kappa shape index (κ1) is 16.5. The lowest BCUT2D eigenvalue weighted by atomic mass is 9.94. The van der Waals surface area contributed by atoms with Gasteiger partial charge in [0.05, 0.1) is 24.3 Å². The van der Waals surface area contributed by atoms with Gasteiger partial charge >= 0.3 is 0 Å². The van der Waals surface area contributed by atoms with Crippen molar-refractivity contribution in [3.63, 3.8) is 0 Å². The normalized spacial score (nSPS) is 23.2. The van der Waals surface area contributed by atoms with Crippen LogP contribution in [0.4, 0.5) is 0 Å². The monoisotopic (exact) mass is 310 g/mol. The summed E-state index contributed by atoms with van der Waals surface area (Å²) in [6.07, 6.45) is 0.914. The van der Waals surface area contributed by atoms with Crippen LogP contribution in [0.15, 0.2) is 11.4 Å². The van der Waals surface area contributed by atoms with Crippen molar-refractivity contribution < 1.29 is 9.53 Å². The van der Waals surface area contributed by atoms with Crippen molar-refractivity contribution in [2.75, 3.05) is 6.54 Å². The van der Waals surface area contributed by atoms with Crippen LogP contribution in [0, 0.1) is 6.92 Å². The van der Waals surface area contributed by atoms with E-state index < -0.39 is 0 Å². The van der Waals surface area contributed by atoms with Gasteiger partial charge in [-0.25, -0.2) is 0 Å². The Morgan fingerprint density at radius 2 is 2.14 bits per heavy atom. The van der Waals surface area contributed by atoms with Crippen molar-refractivity contribution in [1.29, 1.82) is 0 Å². The Balaban J connectivity index is 1.78. The van der Waals surface area contributed by atoms with Gasteiger partial charge in [0.15, 0.2) is 0 Å². The smallest absolute Gasteiger partial charge is 0.234 e. The highest BCUT2D eigenvalue weighted by molar-refractivity contribution is 7.10. The second-order valence-electron chi connectivity index (χ2n) is 6.91. The molecule has 1 unspecified atom stereocenters. The summed E-state index contributed by atoms with van der Waals surface area (Å²) in [7, 11) is 0. The van der Waals surface area contributed by atoms with Crippen molar-refractivity contribution >= 4 is 17.2 Å². The summed E-state index contributed by atoms with van der Waals surface area (Å²) >= 11 is 1.68. The van der Waals surface area contributed by atoms with Gasteiger partial charge in [0, 0.05) is 10.9 Å². The van der Waals surface area contributed by atoms with E-state index in [1.54, 1.807) is 11.3 Å². The minimum absolute atomic E-state index is 0.0308. The predicted octanol–water partition coefficient (Wildman–Crippen LogP) is 2.61. The van der Waals surface area contributed by atoms with Crippen molar-refractivity contribution in [1.82, 2.24) is 10.6 Å². The van der Waals surface area contributed by atoms with Crippen LogP contribution in [0.25, 0.3) is 0 Å². The van der Waals surface area contributed by atoms with Crippen LogP contribution in [0.3, 0.4) is 0 Å². The molecular weight excluding hydrogens is 284 g/mol. The van der Waals surface area contributed by atoms with E-state index in [2.05, 4.69) is 56.7 Å². The molecule has 5 heteroatoms. The lowest BCUT2D eigenvalue weighted by Gasteiger charge is -2.27. The number of ether oxygens (including phenoxy) is 1. The maximum Gasteiger partial charge on any atom is 0.234 e. The Labute approximate surface area is 131 Å². The second-order valence-corrected chi connectivity index (χ2v) is 7.91. The summed E-state index contributed by atoms with van der Waals surface area (Å²) in [6, 6.07) is 2.27. The first-order chi connectivity index (χ1) is 9.70. The highest BCUT2D eigenvalue weighted by Crippen LogP contribution is 2.37. The molecule has 1 aromatic rings. The third kappa shape index (κ3) is 4.28. The first-order valence-corrected chi connectivity index (χ1v) is 8.31. The molecule has 0 spiro atoms. The number of nitrogens with one attached hydrogen (secondary N) is 2. The van der Waals surface area contributed by atoms with Gasteiger partial charge in [0.1, 0.15) is 0 Å². The topological polar surface area (TPSA) is 50.4 Å². The zero-order valence-electron chi connectivity index (χ0n) is 13.6. The molecule has 4 nitrogen and oxygen atoms in total. The van der Waals surface area contributed by atoms with Crippen LogP contribution in [0.5, 0.6) is 0 Å². The molecular formula is C16H26N2O2S. The fraction of sp³-hybridized carbons (Fsp3) is 0.688. The average Bonchev–Trinajstić information content (AvgIpc) is 2.84. The van der Waals surface area contributed by atoms with Gasteiger partial charge in [-0.05, 0) is 58.0 Å². The molecule has 0 radical (unpaired) electrons. The molecule has 0 aromatic carbocycles. The molecule has 118 valence electrons. The number of aryl methyl sites for hydroxylation is 1. The number of rotatable bonds is 5. The van der Waals surface area contributed by atoms with Crippen LogP contribution >= 0.6 is 11.3 Å². The molecule has 2 heterocycles. The minimum Gasteiger partial charge on any atom is -0.368 e. The van der Waals surface area contributed by atoms with E-state index in [1.807, 2.05) is 0 Å². The standard InChI is InChI=1S/C16H26N2O2S/c1-11-6-7-21-12(11)9-18-14(19)10-17-13-8-15(2,3)20-16(13,4)5/h6-7,13,17H,8-10H2,1-5H3,(H,18,19). The van der Waals surface area contributed by atoms with Crippen molar-refractivity contribution in [2.45, 2.75) is 64.8 Å². The van der Waals surface area contributed by atoms with Crippen molar-refractivity contribution in [3.8, 4) is 0 Å². The second kappa shape index (κ2) is 6.07. The number of carbonyl (C=O) groups excluding carboxylic acids is 1. The minimum atomic E-state index is -0.242. The zero-order chi connectivity index (χ0) is 15.7. The molecule has 2 N–H and O–H groups in total. The SMILES string of the molecule is Cc1ccsc1CNC(=O)CNC1CC(C)(C)OC1(C)C. The van der Waals surface area contributed by atoms with Gasteiger partial charge in [-0.3, -0.25) is 4.79 Å². The molecule has 1 aliphatic heterocycles. The summed E-state index contributed by atoms with van der Waals surface area (Å²) in [4.78, 5) is 13.2. The number of hydrogen-bond acceptors (Lipinski definition) is 4. The summed E-state index contributed by atoms with van der Waals surface area (Å²) in [5, 5.41) is 8.36. The molecule has 0 aliphatic carbocycles. The molecule has 1 aromatic heterocycles. The average molecular weight is 310 g/mol. The van der Waals surface area contributed by atoms with E-state index in [0.717, 1.165) is 6.42 Å². The van der Waals surface area contributed by atoms with Gasteiger partial charge in [-0.2, -0.15) is 0 Å². The quantitative estimate of drug-likeness (QED) is 0.879.